The Hall–Kier alpha value is -2.94. The summed E-state index contributed by atoms with van der Waals surface area (Å²) < 4.78 is 44.6. The third-order valence-electron chi connectivity index (χ3n) is 5.59. The van der Waals surface area contributed by atoms with Crippen molar-refractivity contribution in [3.05, 3.63) is 42.2 Å². The lowest BCUT2D eigenvalue weighted by Gasteiger charge is -2.21. The molecule has 2 saturated heterocycles. The summed E-state index contributed by atoms with van der Waals surface area (Å²) in [4.78, 5) is 4.15. The Kier molecular flexibility index (Phi) is 4.09. The molecule has 0 amide bonds. The Morgan fingerprint density at radius 3 is 2.66 bits per heavy atom. The van der Waals surface area contributed by atoms with Crippen LogP contribution in [0.15, 0.2) is 36.7 Å². The Morgan fingerprint density at radius 2 is 1.97 bits per heavy atom. The third kappa shape index (κ3) is 3.15. The SMILES string of the molecule is Oc1cc(C(F)(F)F)ccc1-c1nnc(N[C@@H]2C[C@@H]3CC[C@H]2O3)c2cnccc12. The first-order chi connectivity index (χ1) is 13.9. The van der Waals surface area contributed by atoms with Crippen LogP contribution in [0, 0.1) is 0 Å². The lowest BCUT2D eigenvalue weighted by molar-refractivity contribution is -0.137. The molecule has 2 bridgehead atoms. The molecule has 2 fully saturated rings. The van der Waals surface area contributed by atoms with Gasteiger partial charge in [0.1, 0.15) is 11.4 Å². The number of alkyl halides is 3. The van der Waals surface area contributed by atoms with Gasteiger partial charge in [0.15, 0.2) is 5.82 Å². The van der Waals surface area contributed by atoms with E-state index in [2.05, 4.69) is 20.5 Å². The standard InChI is InChI=1S/C20H17F3N4O2/c21-20(22,23)10-1-3-13(16(28)7-10)18-12-5-6-24-9-14(12)19(27-26-18)25-15-8-11-2-4-17(15)29-11/h1,3,5-7,9,11,15,17,28H,2,4,8H2,(H,25,27)/t11-,15+,17+/m0/s1. The maximum atomic E-state index is 12.9. The molecule has 3 atom stereocenters. The highest BCUT2D eigenvalue weighted by atomic mass is 19.4. The van der Waals surface area contributed by atoms with Crippen molar-refractivity contribution in [2.45, 2.75) is 43.7 Å². The number of phenolic OH excluding ortho intramolecular Hbond substituents is 1. The molecule has 3 aromatic rings. The molecule has 2 N–H and O–H groups in total. The van der Waals surface area contributed by atoms with Crippen LogP contribution in [0.3, 0.4) is 0 Å². The van der Waals surface area contributed by atoms with E-state index in [0.29, 0.717) is 28.4 Å². The van der Waals surface area contributed by atoms with Crippen LogP contribution in [0.5, 0.6) is 5.75 Å². The van der Waals surface area contributed by atoms with E-state index in [-0.39, 0.29) is 23.8 Å². The molecule has 1 aromatic carbocycles. The third-order valence-corrected chi connectivity index (χ3v) is 5.59. The quantitative estimate of drug-likeness (QED) is 0.685. The number of anilines is 1. The number of rotatable bonds is 3. The van der Waals surface area contributed by atoms with Gasteiger partial charge in [-0.1, -0.05) is 0 Å². The van der Waals surface area contributed by atoms with Crippen LogP contribution in [0.25, 0.3) is 22.0 Å². The van der Waals surface area contributed by atoms with Gasteiger partial charge in [-0.2, -0.15) is 13.2 Å². The number of hydrogen-bond acceptors (Lipinski definition) is 6. The molecule has 2 aromatic heterocycles. The molecule has 0 radical (unpaired) electrons. The van der Waals surface area contributed by atoms with E-state index in [1.165, 1.54) is 6.07 Å². The summed E-state index contributed by atoms with van der Waals surface area (Å²) in [5.74, 6) is 0.0406. The number of nitrogens with zero attached hydrogens (tertiary/aromatic N) is 3. The van der Waals surface area contributed by atoms with Gasteiger partial charge in [0.25, 0.3) is 0 Å². The van der Waals surface area contributed by atoms with Crippen LogP contribution < -0.4 is 5.32 Å². The molecule has 150 valence electrons. The predicted octanol–water partition coefficient (Wildman–Crippen LogP) is 4.15. The summed E-state index contributed by atoms with van der Waals surface area (Å²) in [7, 11) is 0. The summed E-state index contributed by atoms with van der Waals surface area (Å²) >= 11 is 0. The minimum Gasteiger partial charge on any atom is -0.507 e. The van der Waals surface area contributed by atoms with E-state index in [1.54, 1.807) is 18.5 Å². The maximum absolute atomic E-state index is 12.9. The zero-order valence-corrected chi connectivity index (χ0v) is 15.1. The molecule has 0 unspecified atom stereocenters. The molecule has 2 aliphatic heterocycles. The number of halogens is 3. The minimum atomic E-state index is -4.54. The molecule has 0 spiro atoms. The Morgan fingerprint density at radius 1 is 1.10 bits per heavy atom. The fourth-order valence-electron chi connectivity index (χ4n) is 4.18. The van der Waals surface area contributed by atoms with Crippen molar-refractivity contribution in [3.63, 3.8) is 0 Å². The number of benzene rings is 1. The van der Waals surface area contributed by atoms with Gasteiger partial charge in [0.05, 0.1) is 23.8 Å². The molecule has 5 rings (SSSR count). The van der Waals surface area contributed by atoms with Gasteiger partial charge in [-0.3, -0.25) is 4.98 Å². The smallest absolute Gasteiger partial charge is 0.416 e. The second-order valence-electron chi connectivity index (χ2n) is 7.41. The average molecular weight is 402 g/mol. The number of phenols is 1. The van der Waals surface area contributed by atoms with Crippen molar-refractivity contribution in [1.29, 1.82) is 0 Å². The number of nitrogens with one attached hydrogen (secondary N) is 1. The fourth-order valence-corrected chi connectivity index (χ4v) is 4.18. The molecule has 4 heterocycles. The van der Waals surface area contributed by atoms with E-state index in [4.69, 9.17) is 4.74 Å². The van der Waals surface area contributed by atoms with Gasteiger partial charge in [-0.05, 0) is 43.5 Å². The molecular weight excluding hydrogens is 385 g/mol. The van der Waals surface area contributed by atoms with Crippen molar-refractivity contribution in [2.24, 2.45) is 0 Å². The molecule has 2 aliphatic rings. The summed E-state index contributed by atoms with van der Waals surface area (Å²) in [5.41, 5.74) is -0.452. The number of hydrogen-bond donors (Lipinski definition) is 2. The predicted molar refractivity (Wildman–Crippen MR) is 99.4 cm³/mol. The van der Waals surface area contributed by atoms with Gasteiger partial charge < -0.3 is 15.2 Å². The first-order valence-electron chi connectivity index (χ1n) is 9.33. The van der Waals surface area contributed by atoms with Gasteiger partial charge in [-0.15, -0.1) is 10.2 Å². The lowest BCUT2D eigenvalue weighted by atomic mass is 9.95. The summed E-state index contributed by atoms with van der Waals surface area (Å²) in [6, 6.07) is 4.67. The van der Waals surface area contributed by atoms with Crippen molar-refractivity contribution in [3.8, 4) is 17.0 Å². The first kappa shape index (κ1) is 18.1. The Labute approximate surface area is 163 Å². The highest BCUT2D eigenvalue weighted by Crippen LogP contribution is 2.40. The van der Waals surface area contributed by atoms with Crippen LogP contribution in [-0.4, -0.2) is 38.5 Å². The van der Waals surface area contributed by atoms with Crippen molar-refractivity contribution in [2.75, 3.05) is 5.32 Å². The highest BCUT2D eigenvalue weighted by Gasteiger charge is 2.41. The van der Waals surface area contributed by atoms with Gasteiger partial charge in [0, 0.05) is 28.7 Å². The normalized spacial score (nSPS) is 23.6. The molecule has 6 nitrogen and oxygen atoms in total. The number of ether oxygens (including phenoxy) is 1. The van der Waals surface area contributed by atoms with Crippen LogP contribution in [0.2, 0.25) is 0 Å². The molecule has 0 aliphatic carbocycles. The number of fused-ring (bicyclic) bond motifs is 3. The van der Waals surface area contributed by atoms with E-state index < -0.39 is 17.5 Å². The monoisotopic (exact) mass is 402 g/mol. The van der Waals surface area contributed by atoms with Crippen molar-refractivity contribution >= 4 is 16.6 Å². The lowest BCUT2D eigenvalue weighted by Crippen LogP contribution is -2.31. The topological polar surface area (TPSA) is 80.2 Å². The van der Waals surface area contributed by atoms with E-state index in [0.717, 1.165) is 25.3 Å². The van der Waals surface area contributed by atoms with Crippen molar-refractivity contribution < 1.29 is 23.0 Å². The van der Waals surface area contributed by atoms with E-state index >= 15 is 0 Å². The average Bonchev–Trinajstić information content (AvgIpc) is 3.31. The van der Waals surface area contributed by atoms with E-state index in [1.807, 2.05) is 0 Å². The Bertz CT molecular complexity index is 1090. The van der Waals surface area contributed by atoms with Gasteiger partial charge in [-0.25, -0.2) is 0 Å². The number of aromatic hydroxyl groups is 1. The van der Waals surface area contributed by atoms with Gasteiger partial charge >= 0.3 is 6.18 Å². The minimum absolute atomic E-state index is 0.136. The van der Waals surface area contributed by atoms with Crippen LogP contribution in [-0.2, 0) is 10.9 Å². The second-order valence-corrected chi connectivity index (χ2v) is 7.41. The highest BCUT2D eigenvalue weighted by molar-refractivity contribution is 6.00. The number of pyridine rings is 1. The molecule has 29 heavy (non-hydrogen) atoms. The fraction of sp³-hybridized carbons (Fsp3) is 0.350. The largest absolute Gasteiger partial charge is 0.507 e. The van der Waals surface area contributed by atoms with E-state index in [9.17, 15) is 18.3 Å². The van der Waals surface area contributed by atoms with Crippen LogP contribution in [0.1, 0.15) is 24.8 Å². The van der Waals surface area contributed by atoms with Crippen LogP contribution >= 0.6 is 0 Å². The molecular formula is C20H17F3N4O2. The summed E-state index contributed by atoms with van der Waals surface area (Å²) in [6.45, 7) is 0. The second kappa shape index (κ2) is 6.55. The molecule has 9 heteroatoms. The first-order valence-corrected chi connectivity index (χ1v) is 9.33. The van der Waals surface area contributed by atoms with Crippen molar-refractivity contribution in [1.82, 2.24) is 15.2 Å². The number of aromatic nitrogens is 3. The van der Waals surface area contributed by atoms with Gasteiger partial charge in [0.2, 0.25) is 0 Å². The summed E-state index contributed by atoms with van der Waals surface area (Å²) in [6.07, 6.45) is 2.06. The zero-order chi connectivity index (χ0) is 20.2. The Balaban J connectivity index is 1.55. The summed E-state index contributed by atoms with van der Waals surface area (Å²) in [5, 5.41) is 23.4. The molecule has 0 saturated carbocycles. The van der Waals surface area contributed by atoms with Crippen LogP contribution in [0.4, 0.5) is 19.0 Å². The zero-order valence-electron chi connectivity index (χ0n) is 15.1. The maximum Gasteiger partial charge on any atom is 0.416 e.